The molecule has 0 saturated carbocycles. The van der Waals surface area contributed by atoms with Gasteiger partial charge in [-0.3, -0.25) is 0 Å². The molecule has 0 unspecified atom stereocenters. The van der Waals surface area contributed by atoms with Crippen molar-refractivity contribution in [2.24, 2.45) is 0 Å². The smallest absolute Gasteiger partial charge is 0.159 e. The van der Waals surface area contributed by atoms with Gasteiger partial charge in [0, 0.05) is 16.5 Å². The maximum absolute atomic E-state index is 6.47. The molecule has 32 heavy (non-hydrogen) atoms. The summed E-state index contributed by atoms with van der Waals surface area (Å²) < 4.78 is 6.47. The van der Waals surface area contributed by atoms with Gasteiger partial charge in [0.2, 0.25) is 0 Å². The Morgan fingerprint density at radius 3 is 1.91 bits per heavy atom. The first kappa shape index (κ1) is 19.0. The molecule has 0 saturated heterocycles. The van der Waals surface area contributed by atoms with E-state index in [0.717, 1.165) is 27.6 Å². The zero-order valence-corrected chi connectivity index (χ0v) is 18.9. The van der Waals surface area contributed by atoms with Crippen molar-refractivity contribution in [1.82, 2.24) is 0 Å². The number of para-hydroxylation sites is 4. The summed E-state index contributed by atoms with van der Waals surface area (Å²) in [5.74, 6) is 0. The Kier molecular flexibility index (Phi) is 4.09. The second-order valence-electron chi connectivity index (χ2n) is 8.81. The Hall–Kier alpha value is -3.72. The molecular formula is C29H26N2O. The van der Waals surface area contributed by atoms with Crippen LogP contribution in [0.25, 0.3) is 21.9 Å². The number of nitrogens with zero attached hydrogens (tertiary/aromatic N) is 2. The highest BCUT2D eigenvalue weighted by Crippen LogP contribution is 2.51. The molecule has 0 radical (unpaired) electrons. The Morgan fingerprint density at radius 2 is 1.19 bits per heavy atom. The molecule has 2 heterocycles. The third-order valence-corrected chi connectivity index (χ3v) is 6.79. The Morgan fingerprint density at radius 1 is 0.594 bits per heavy atom. The van der Waals surface area contributed by atoms with Crippen molar-refractivity contribution in [3.8, 4) is 0 Å². The van der Waals surface area contributed by atoms with Crippen molar-refractivity contribution in [1.29, 1.82) is 0 Å². The highest BCUT2D eigenvalue weighted by atomic mass is 16.3. The summed E-state index contributed by atoms with van der Waals surface area (Å²) in [6.07, 6.45) is 0.102. The van der Waals surface area contributed by atoms with Gasteiger partial charge in [0.25, 0.3) is 0 Å². The van der Waals surface area contributed by atoms with Crippen molar-refractivity contribution in [3.05, 3.63) is 95.6 Å². The van der Waals surface area contributed by atoms with E-state index in [2.05, 4.69) is 110 Å². The van der Waals surface area contributed by atoms with Gasteiger partial charge in [-0.05, 0) is 62.6 Å². The lowest BCUT2D eigenvalue weighted by atomic mass is 10.1. The number of hydrogen-bond acceptors (Lipinski definition) is 3. The van der Waals surface area contributed by atoms with Crippen LogP contribution in [0, 0.1) is 20.8 Å². The third-order valence-electron chi connectivity index (χ3n) is 6.79. The number of furan rings is 1. The fourth-order valence-corrected chi connectivity index (χ4v) is 5.36. The van der Waals surface area contributed by atoms with E-state index in [1.54, 1.807) is 0 Å². The van der Waals surface area contributed by atoms with E-state index in [-0.39, 0.29) is 6.17 Å². The number of fused-ring (bicyclic) bond motifs is 4. The molecule has 5 aromatic rings. The van der Waals surface area contributed by atoms with Crippen molar-refractivity contribution in [3.63, 3.8) is 0 Å². The molecule has 1 aliphatic rings. The minimum Gasteiger partial charge on any atom is -0.454 e. The number of benzene rings is 4. The van der Waals surface area contributed by atoms with Crippen LogP contribution in [0.5, 0.6) is 0 Å². The van der Waals surface area contributed by atoms with Crippen LogP contribution < -0.4 is 9.80 Å². The lowest BCUT2D eigenvalue weighted by Gasteiger charge is -2.32. The van der Waals surface area contributed by atoms with Crippen LogP contribution in [0.15, 0.2) is 83.3 Å². The number of anilines is 4. The molecule has 4 aromatic carbocycles. The molecule has 0 fully saturated rings. The molecule has 0 bridgehead atoms. The average Bonchev–Trinajstić information content (AvgIpc) is 3.30. The zero-order chi connectivity index (χ0) is 22.0. The summed E-state index contributed by atoms with van der Waals surface area (Å²) in [7, 11) is 0. The molecule has 0 N–H and O–H groups in total. The average molecular weight is 419 g/mol. The van der Waals surface area contributed by atoms with Crippen LogP contribution in [-0.2, 0) is 0 Å². The van der Waals surface area contributed by atoms with Gasteiger partial charge in [-0.25, -0.2) is 0 Å². The Bertz CT molecular complexity index is 1480. The van der Waals surface area contributed by atoms with Gasteiger partial charge < -0.3 is 14.2 Å². The maximum atomic E-state index is 6.47. The van der Waals surface area contributed by atoms with E-state index in [4.69, 9.17) is 4.42 Å². The van der Waals surface area contributed by atoms with Crippen molar-refractivity contribution in [2.45, 2.75) is 33.9 Å². The Balaban J connectivity index is 1.64. The van der Waals surface area contributed by atoms with E-state index < -0.39 is 0 Å². The zero-order valence-electron chi connectivity index (χ0n) is 18.9. The van der Waals surface area contributed by atoms with E-state index in [0.29, 0.717) is 0 Å². The van der Waals surface area contributed by atoms with E-state index >= 15 is 0 Å². The molecule has 1 aliphatic heterocycles. The van der Waals surface area contributed by atoms with Gasteiger partial charge >= 0.3 is 0 Å². The molecule has 158 valence electrons. The largest absolute Gasteiger partial charge is 0.454 e. The monoisotopic (exact) mass is 418 g/mol. The normalized spacial score (nSPS) is 15.7. The molecule has 0 spiro atoms. The molecule has 3 heteroatoms. The number of rotatable bonds is 2. The molecule has 6 rings (SSSR count). The molecule has 0 amide bonds. The molecule has 1 aromatic heterocycles. The summed E-state index contributed by atoms with van der Waals surface area (Å²) >= 11 is 0. The van der Waals surface area contributed by atoms with E-state index in [1.165, 1.54) is 33.8 Å². The van der Waals surface area contributed by atoms with Crippen molar-refractivity contribution < 1.29 is 4.42 Å². The van der Waals surface area contributed by atoms with Crippen molar-refractivity contribution in [2.75, 3.05) is 9.80 Å². The Labute approximate surface area is 188 Å². The van der Waals surface area contributed by atoms with Gasteiger partial charge in [0.15, 0.2) is 5.58 Å². The minimum absolute atomic E-state index is 0.102. The fourth-order valence-electron chi connectivity index (χ4n) is 5.36. The number of aryl methyl sites for hydroxylation is 3. The standard InChI is InChI=1S/C29H26N2O/c1-18-10-9-11-19(2)27(18)30-21(4)31(25-14-7-6-13-24(25)30)28-20(3)16-17-23-22-12-5-8-15-26(22)32-29(23)28/h5-17,21H,1-4H3/t21-/m1/s1. The van der Waals surface area contributed by atoms with Gasteiger partial charge in [-0.15, -0.1) is 0 Å². The van der Waals surface area contributed by atoms with Crippen LogP contribution in [0.4, 0.5) is 22.7 Å². The molecule has 0 aliphatic carbocycles. The molecule has 3 nitrogen and oxygen atoms in total. The quantitative estimate of drug-likeness (QED) is 0.288. The highest BCUT2D eigenvalue weighted by molar-refractivity contribution is 6.11. The van der Waals surface area contributed by atoms with Crippen LogP contribution in [0.3, 0.4) is 0 Å². The van der Waals surface area contributed by atoms with Crippen LogP contribution in [0.2, 0.25) is 0 Å². The van der Waals surface area contributed by atoms with Gasteiger partial charge in [0.1, 0.15) is 11.7 Å². The van der Waals surface area contributed by atoms with Crippen LogP contribution in [0.1, 0.15) is 23.6 Å². The van der Waals surface area contributed by atoms with E-state index in [9.17, 15) is 0 Å². The fraction of sp³-hybridized carbons (Fsp3) is 0.172. The van der Waals surface area contributed by atoms with Gasteiger partial charge in [0.05, 0.1) is 17.1 Å². The summed E-state index contributed by atoms with van der Waals surface area (Å²) in [4.78, 5) is 4.92. The lowest BCUT2D eigenvalue weighted by Crippen LogP contribution is -2.36. The topological polar surface area (TPSA) is 19.6 Å². The third kappa shape index (κ3) is 2.54. The predicted octanol–water partition coefficient (Wildman–Crippen LogP) is 8.15. The van der Waals surface area contributed by atoms with Crippen LogP contribution in [-0.4, -0.2) is 6.17 Å². The minimum atomic E-state index is 0.102. The second-order valence-corrected chi connectivity index (χ2v) is 8.81. The summed E-state index contributed by atoms with van der Waals surface area (Å²) in [6, 6.07) is 28.0. The lowest BCUT2D eigenvalue weighted by molar-refractivity contribution is 0.663. The summed E-state index contributed by atoms with van der Waals surface area (Å²) in [5.41, 5.74) is 10.5. The van der Waals surface area contributed by atoms with E-state index in [1.807, 2.05) is 6.07 Å². The predicted molar refractivity (Wildman–Crippen MR) is 135 cm³/mol. The van der Waals surface area contributed by atoms with Crippen molar-refractivity contribution >= 4 is 44.7 Å². The summed E-state index contributed by atoms with van der Waals surface area (Å²) in [6.45, 7) is 8.86. The van der Waals surface area contributed by atoms with Gasteiger partial charge in [-0.2, -0.15) is 0 Å². The first-order valence-corrected chi connectivity index (χ1v) is 11.2. The molecule has 1 atom stereocenters. The molecular weight excluding hydrogens is 392 g/mol. The maximum Gasteiger partial charge on any atom is 0.159 e. The first-order chi connectivity index (χ1) is 15.6. The first-order valence-electron chi connectivity index (χ1n) is 11.2. The SMILES string of the molecule is Cc1cccc(C)c1N1c2ccccc2N(c2c(C)ccc3c2oc2ccccc23)[C@@H]1C. The van der Waals surface area contributed by atoms with Crippen LogP contribution >= 0.6 is 0 Å². The second kappa shape index (κ2) is 6.89. The van der Waals surface area contributed by atoms with Gasteiger partial charge in [-0.1, -0.05) is 60.7 Å². The number of hydrogen-bond donors (Lipinski definition) is 0. The summed E-state index contributed by atoms with van der Waals surface area (Å²) in [5, 5.41) is 2.33. The highest BCUT2D eigenvalue weighted by Gasteiger charge is 2.37.